The van der Waals surface area contributed by atoms with Gasteiger partial charge in [0.25, 0.3) is 5.91 Å². The van der Waals surface area contributed by atoms with Crippen LogP contribution in [-0.4, -0.2) is 23.9 Å². The van der Waals surface area contributed by atoms with Crippen molar-refractivity contribution in [2.75, 3.05) is 13.1 Å². The second-order valence-corrected chi connectivity index (χ2v) is 5.56. The van der Waals surface area contributed by atoms with Crippen LogP contribution in [0.3, 0.4) is 0 Å². The third kappa shape index (κ3) is 2.25. The molecule has 1 aliphatic rings. The van der Waals surface area contributed by atoms with E-state index in [0.29, 0.717) is 10.2 Å². The summed E-state index contributed by atoms with van der Waals surface area (Å²) in [5, 5.41) is 0. The van der Waals surface area contributed by atoms with Gasteiger partial charge in [0.15, 0.2) is 4.67 Å². The molecule has 0 aliphatic carbocycles. The molecule has 82 valence electrons. The van der Waals surface area contributed by atoms with E-state index in [-0.39, 0.29) is 11.3 Å². The highest BCUT2D eigenvalue weighted by molar-refractivity contribution is 9.10. The summed E-state index contributed by atoms with van der Waals surface area (Å²) < 4.78 is 5.67. The van der Waals surface area contributed by atoms with Crippen LogP contribution in [0.5, 0.6) is 0 Å². The Labute approximate surface area is 97.6 Å². The number of carbonyl (C=O) groups excluding carboxylic acids is 1. The zero-order valence-electron chi connectivity index (χ0n) is 8.92. The van der Waals surface area contributed by atoms with Gasteiger partial charge in [0.2, 0.25) is 0 Å². The molecule has 0 bridgehead atoms. The van der Waals surface area contributed by atoms with Gasteiger partial charge in [-0.25, -0.2) is 0 Å². The maximum atomic E-state index is 12.0. The molecule has 1 amide bonds. The van der Waals surface area contributed by atoms with Crippen LogP contribution in [-0.2, 0) is 0 Å². The topological polar surface area (TPSA) is 33.5 Å². The van der Waals surface area contributed by atoms with Gasteiger partial charge in [-0.15, -0.1) is 0 Å². The lowest BCUT2D eigenvalue weighted by molar-refractivity contribution is 0.0777. The maximum absolute atomic E-state index is 12.0. The lowest BCUT2D eigenvalue weighted by atomic mass is 9.93. The molecular weight excluding hydrogens is 258 g/mol. The van der Waals surface area contributed by atoms with Crippen LogP contribution >= 0.6 is 15.9 Å². The fraction of sp³-hybridized carbons (Fsp3) is 0.545. The van der Waals surface area contributed by atoms with Crippen molar-refractivity contribution in [3.05, 3.63) is 22.6 Å². The minimum atomic E-state index is 0.0648. The Bertz CT molecular complexity index is 384. The van der Waals surface area contributed by atoms with E-state index in [1.807, 2.05) is 4.90 Å². The molecule has 1 aromatic heterocycles. The van der Waals surface area contributed by atoms with Gasteiger partial charge in [0.05, 0.1) is 5.56 Å². The number of carbonyl (C=O) groups is 1. The molecule has 0 spiro atoms. The molecule has 0 aromatic carbocycles. The number of furan rings is 1. The van der Waals surface area contributed by atoms with Crippen molar-refractivity contribution in [3.63, 3.8) is 0 Å². The first kappa shape index (κ1) is 10.7. The van der Waals surface area contributed by atoms with Crippen molar-refractivity contribution in [3.8, 4) is 0 Å². The molecule has 0 radical (unpaired) electrons. The van der Waals surface area contributed by atoms with Crippen LogP contribution in [0.4, 0.5) is 0 Å². The number of amides is 1. The maximum Gasteiger partial charge on any atom is 0.257 e. The van der Waals surface area contributed by atoms with Crippen molar-refractivity contribution in [2.45, 2.75) is 20.3 Å². The third-order valence-electron chi connectivity index (χ3n) is 2.78. The Hall–Kier alpha value is -0.770. The highest BCUT2D eigenvalue weighted by Crippen LogP contribution is 2.30. The Morgan fingerprint density at radius 1 is 1.60 bits per heavy atom. The zero-order chi connectivity index (χ0) is 11.1. The molecule has 0 atom stereocenters. The molecule has 0 N–H and O–H groups in total. The lowest BCUT2D eigenvalue weighted by Gasteiger charge is -2.19. The van der Waals surface area contributed by atoms with Gasteiger partial charge in [-0.1, -0.05) is 13.8 Å². The molecule has 1 aromatic rings. The Balaban J connectivity index is 2.10. The monoisotopic (exact) mass is 271 g/mol. The van der Waals surface area contributed by atoms with Crippen LogP contribution in [0.2, 0.25) is 0 Å². The van der Waals surface area contributed by atoms with Gasteiger partial charge >= 0.3 is 0 Å². The molecule has 0 unspecified atom stereocenters. The molecular formula is C11H14BrNO2. The van der Waals surface area contributed by atoms with E-state index in [0.717, 1.165) is 19.5 Å². The van der Waals surface area contributed by atoms with E-state index in [2.05, 4.69) is 29.8 Å². The highest BCUT2D eigenvalue weighted by atomic mass is 79.9. The van der Waals surface area contributed by atoms with Gasteiger partial charge in [0.1, 0.15) is 6.26 Å². The van der Waals surface area contributed by atoms with Crippen LogP contribution < -0.4 is 0 Å². The lowest BCUT2D eigenvalue weighted by Crippen LogP contribution is -2.29. The summed E-state index contributed by atoms with van der Waals surface area (Å²) in [6.45, 7) is 6.04. The van der Waals surface area contributed by atoms with Crippen LogP contribution in [0.25, 0.3) is 0 Å². The predicted octanol–water partition coefficient (Wildman–Crippen LogP) is 2.91. The van der Waals surface area contributed by atoms with Crippen LogP contribution in [0.15, 0.2) is 21.4 Å². The average molecular weight is 272 g/mol. The molecule has 1 saturated heterocycles. The number of likely N-dealkylation sites (tertiary alicyclic amines) is 1. The van der Waals surface area contributed by atoms with Crippen LogP contribution in [0, 0.1) is 5.41 Å². The van der Waals surface area contributed by atoms with Crippen molar-refractivity contribution in [2.24, 2.45) is 5.41 Å². The standard InChI is InChI=1S/C11H14BrNO2/c1-11(2)3-4-13(7-11)10(14)8-5-9(12)15-6-8/h5-6H,3-4,7H2,1-2H3. The minimum Gasteiger partial charge on any atom is -0.457 e. The SMILES string of the molecule is CC1(C)CCN(C(=O)c2coc(Br)c2)C1. The minimum absolute atomic E-state index is 0.0648. The Morgan fingerprint density at radius 3 is 2.80 bits per heavy atom. The number of nitrogens with zero attached hydrogens (tertiary/aromatic N) is 1. The first-order valence-corrected chi connectivity index (χ1v) is 5.81. The first-order chi connectivity index (χ1) is 6.98. The molecule has 4 heteroatoms. The normalized spacial score (nSPS) is 19.5. The molecule has 1 aliphatic heterocycles. The van der Waals surface area contributed by atoms with Crippen molar-refractivity contribution < 1.29 is 9.21 Å². The van der Waals surface area contributed by atoms with E-state index in [1.165, 1.54) is 6.26 Å². The fourth-order valence-electron chi connectivity index (χ4n) is 1.89. The molecule has 2 heterocycles. The second kappa shape index (κ2) is 3.67. The summed E-state index contributed by atoms with van der Waals surface area (Å²) in [7, 11) is 0. The van der Waals surface area contributed by atoms with Gasteiger partial charge in [0, 0.05) is 19.2 Å². The summed E-state index contributed by atoms with van der Waals surface area (Å²) >= 11 is 3.19. The number of hydrogen-bond acceptors (Lipinski definition) is 2. The summed E-state index contributed by atoms with van der Waals surface area (Å²) in [5.41, 5.74) is 0.871. The van der Waals surface area contributed by atoms with Crippen molar-refractivity contribution in [1.82, 2.24) is 4.90 Å². The van der Waals surface area contributed by atoms with E-state index < -0.39 is 0 Å². The third-order valence-corrected chi connectivity index (χ3v) is 3.19. The number of hydrogen-bond donors (Lipinski definition) is 0. The van der Waals surface area contributed by atoms with Gasteiger partial charge in [-0.2, -0.15) is 0 Å². The van der Waals surface area contributed by atoms with E-state index in [1.54, 1.807) is 6.07 Å². The summed E-state index contributed by atoms with van der Waals surface area (Å²) in [6, 6.07) is 1.72. The van der Waals surface area contributed by atoms with E-state index in [9.17, 15) is 4.79 Å². The molecule has 15 heavy (non-hydrogen) atoms. The van der Waals surface area contributed by atoms with Crippen molar-refractivity contribution >= 4 is 21.8 Å². The second-order valence-electron chi connectivity index (χ2n) is 4.78. The van der Waals surface area contributed by atoms with E-state index >= 15 is 0 Å². The quantitative estimate of drug-likeness (QED) is 0.787. The smallest absolute Gasteiger partial charge is 0.257 e. The van der Waals surface area contributed by atoms with Gasteiger partial charge < -0.3 is 9.32 Å². The van der Waals surface area contributed by atoms with E-state index in [4.69, 9.17) is 4.42 Å². The zero-order valence-corrected chi connectivity index (χ0v) is 10.5. The predicted molar refractivity (Wildman–Crippen MR) is 60.7 cm³/mol. The van der Waals surface area contributed by atoms with Crippen LogP contribution in [0.1, 0.15) is 30.6 Å². The first-order valence-electron chi connectivity index (χ1n) is 5.01. The highest BCUT2D eigenvalue weighted by Gasteiger charge is 2.32. The fourth-order valence-corrected chi connectivity index (χ4v) is 2.23. The molecule has 2 rings (SSSR count). The molecule has 0 saturated carbocycles. The molecule has 3 nitrogen and oxygen atoms in total. The Kier molecular flexibility index (Phi) is 2.63. The summed E-state index contributed by atoms with van der Waals surface area (Å²) in [5.74, 6) is 0.0648. The largest absolute Gasteiger partial charge is 0.457 e. The summed E-state index contributed by atoms with van der Waals surface area (Å²) in [6.07, 6.45) is 2.56. The molecule has 1 fully saturated rings. The average Bonchev–Trinajstić information content (AvgIpc) is 2.71. The van der Waals surface area contributed by atoms with Crippen molar-refractivity contribution in [1.29, 1.82) is 0 Å². The van der Waals surface area contributed by atoms with Gasteiger partial charge in [-0.05, 0) is 27.8 Å². The Morgan fingerprint density at radius 2 is 2.33 bits per heavy atom. The van der Waals surface area contributed by atoms with Gasteiger partial charge in [-0.3, -0.25) is 4.79 Å². The summed E-state index contributed by atoms with van der Waals surface area (Å²) in [4.78, 5) is 13.9. The number of rotatable bonds is 1. The number of halogens is 1.